The number of phenolic OH excluding ortho intramolecular Hbond substituents is 2. The van der Waals surface area contributed by atoms with Crippen molar-refractivity contribution in [2.75, 3.05) is 6.61 Å². The van der Waals surface area contributed by atoms with Gasteiger partial charge in [-0.15, -0.1) is 0 Å². The SMILES string of the molecule is CC.CC.CCOC(=O)Cc1cc(O)c2c(c1)CC(N)C2.NC1Cc2ccc(CCC(=O)O)c(O)c2C1. The molecule has 2 aliphatic carbocycles. The third kappa shape index (κ3) is 9.37. The monoisotopic (exact) mass is 516 g/mol. The zero-order chi connectivity index (χ0) is 28.1. The van der Waals surface area contributed by atoms with Gasteiger partial charge in [-0.25, -0.2) is 0 Å². The fourth-order valence-electron chi connectivity index (χ4n) is 4.50. The van der Waals surface area contributed by atoms with Crippen LogP contribution in [0.5, 0.6) is 11.5 Å². The van der Waals surface area contributed by atoms with Crippen LogP contribution in [-0.4, -0.2) is 45.9 Å². The fraction of sp³-hybridized carbons (Fsp3) is 0.517. The number of aromatic hydroxyl groups is 2. The van der Waals surface area contributed by atoms with Gasteiger partial charge in [0, 0.05) is 18.5 Å². The Bertz CT molecular complexity index is 1040. The first-order chi connectivity index (χ1) is 17.7. The van der Waals surface area contributed by atoms with Crippen LogP contribution in [0.1, 0.15) is 74.4 Å². The number of carboxylic acids is 1. The topological polar surface area (TPSA) is 156 Å². The van der Waals surface area contributed by atoms with Crippen LogP contribution >= 0.6 is 0 Å². The van der Waals surface area contributed by atoms with E-state index in [0.717, 1.165) is 40.7 Å². The van der Waals surface area contributed by atoms with Gasteiger partial charge in [-0.3, -0.25) is 9.59 Å². The Morgan fingerprint density at radius 3 is 2.11 bits per heavy atom. The van der Waals surface area contributed by atoms with Crippen LogP contribution in [0.25, 0.3) is 0 Å². The second-order valence-corrected chi connectivity index (χ2v) is 8.68. The Labute approximate surface area is 220 Å². The van der Waals surface area contributed by atoms with Gasteiger partial charge in [0.15, 0.2) is 0 Å². The number of carbonyl (C=O) groups excluding carboxylic acids is 1. The summed E-state index contributed by atoms with van der Waals surface area (Å²) in [6, 6.07) is 7.48. The third-order valence-electron chi connectivity index (χ3n) is 6.00. The van der Waals surface area contributed by atoms with Crippen molar-refractivity contribution in [1.82, 2.24) is 0 Å². The van der Waals surface area contributed by atoms with Crippen molar-refractivity contribution in [3.63, 3.8) is 0 Å². The number of hydrogen-bond acceptors (Lipinski definition) is 7. The number of nitrogens with two attached hydrogens (primary N) is 2. The number of rotatable bonds is 6. The molecule has 0 aliphatic heterocycles. The van der Waals surface area contributed by atoms with Crippen LogP contribution in [0.15, 0.2) is 24.3 Å². The molecule has 0 bridgehead atoms. The quantitative estimate of drug-likeness (QED) is 0.363. The highest BCUT2D eigenvalue weighted by Crippen LogP contribution is 2.33. The van der Waals surface area contributed by atoms with Crippen LogP contribution in [0.2, 0.25) is 0 Å². The predicted molar refractivity (Wildman–Crippen MR) is 146 cm³/mol. The van der Waals surface area contributed by atoms with Crippen LogP contribution in [0.4, 0.5) is 0 Å². The van der Waals surface area contributed by atoms with Gasteiger partial charge in [0.25, 0.3) is 0 Å². The second-order valence-electron chi connectivity index (χ2n) is 8.68. The molecule has 206 valence electrons. The second kappa shape index (κ2) is 15.9. The maximum atomic E-state index is 11.4. The van der Waals surface area contributed by atoms with E-state index >= 15 is 0 Å². The average molecular weight is 517 g/mol. The van der Waals surface area contributed by atoms with Crippen molar-refractivity contribution in [2.45, 2.75) is 91.6 Å². The van der Waals surface area contributed by atoms with Crippen molar-refractivity contribution in [3.05, 3.63) is 57.6 Å². The van der Waals surface area contributed by atoms with Gasteiger partial charge in [0.1, 0.15) is 11.5 Å². The molecule has 4 rings (SSSR count). The maximum Gasteiger partial charge on any atom is 0.310 e. The number of aliphatic carboxylic acids is 1. The van der Waals surface area contributed by atoms with Crippen molar-refractivity contribution in [3.8, 4) is 11.5 Å². The van der Waals surface area contributed by atoms with Gasteiger partial charge in [0.05, 0.1) is 13.0 Å². The minimum atomic E-state index is -0.850. The molecule has 0 spiro atoms. The Hall–Kier alpha value is -3.10. The summed E-state index contributed by atoms with van der Waals surface area (Å²) in [5.41, 5.74) is 17.1. The third-order valence-corrected chi connectivity index (χ3v) is 6.00. The van der Waals surface area contributed by atoms with E-state index in [-0.39, 0.29) is 42.4 Å². The molecule has 2 aromatic rings. The average Bonchev–Trinajstić information content (AvgIpc) is 3.44. The molecule has 0 aromatic heterocycles. The number of fused-ring (bicyclic) bond motifs is 2. The van der Waals surface area contributed by atoms with Gasteiger partial charge < -0.3 is 31.5 Å². The molecule has 0 saturated carbocycles. The standard InChI is InChI=1S/C13H17NO3.C12H15NO3.2C2H6/c1-2-17-13(16)5-8-3-9-6-10(14)7-11(9)12(15)4-8;13-9-5-8-2-1-7(3-4-11(14)15)12(16)10(8)6-9;2*1-2/h3-4,10,15H,2,5-7,14H2,1H3;1-2,9,16H,3-6,13H2,(H,14,15);2*1-2H3. The van der Waals surface area contributed by atoms with E-state index in [1.165, 1.54) is 0 Å². The van der Waals surface area contributed by atoms with Crippen LogP contribution in [0.3, 0.4) is 0 Å². The molecular formula is C29H44N2O6. The lowest BCUT2D eigenvalue weighted by atomic mass is 10.0. The number of esters is 1. The molecule has 2 aliphatic rings. The first kappa shape index (κ1) is 31.9. The van der Waals surface area contributed by atoms with E-state index < -0.39 is 5.97 Å². The molecule has 0 saturated heterocycles. The molecule has 0 amide bonds. The molecule has 8 heteroatoms. The van der Waals surface area contributed by atoms with E-state index in [2.05, 4.69) is 0 Å². The summed E-state index contributed by atoms with van der Waals surface area (Å²) in [6.07, 6.45) is 3.55. The lowest BCUT2D eigenvalue weighted by molar-refractivity contribution is -0.142. The molecule has 37 heavy (non-hydrogen) atoms. The van der Waals surface area contributed by atoms with E-state index in [1.54, 1.807) is 19.1 Å². The van der Waals surface area contributed by atoms with Crippen molar-refractivity contribution >= 4 is 11.9 Å². The van der Waals surface area contributed by atoms with Crippen molar-refractivity contribution in [2.24, 2.45) is 11.5 Å². The van der Waals surface area contributed by atoms with Crippen LogP contribution < -0.4 is 11.5 Å². The van der Waals surface area contributed by atoms with E-state index in [9.17, 15) is 19.8 Å². The van der Waals surface area contributed by atoms with E-state index in [1.807, 2.05) is 39.8 Å². The fourth-order valence-corrected chi connectivity index (χ4v) is 4.50. The number of ether oxygens (including phenoxy) is 1. The number of aryl methyl sites for hydroxylation is 1. The Kier molecular flexibility index (Phi) is 13.7. The highest BCUT2D eigenvalue weighted by atomic mass is 16.5. The lowest BCUT2D eigenvalue weighted by Crippen LogP contribution is -2.19. The Morgan fingerprint density at radius 2 is 1.51 bits per heavy atom. The summed E-state index contributed by atoms with van der Waals surface area (Å²) in [5, 5.41) is 28.5. The molecule has 0 fully saturated rings. The first-order valence-corrected chi connectivity index (χ1v) is 13.2. The van der Waals surface area contributed by atoms with Gasteiger partial charge in [-0.2, -0.15) is 0 Å². The maximum absolute atomic E-state index is 11.4. The molecule has 0 radical (unpaired) electrons. The number of phenols is 2. The smallest absolute Gasteiger partial charge is 0.310 e. The number of carbonyl (C=O) groups is 2. The van der Waals surface area contributed by atoms with Gasteiger partial charge in [-0.05, 0) is 78.5 Å². The summed E-state index contributed by atoms with van der Waals surface area (Å²) in [6.45, 7) is 10.2. The summed E-state index contributed by atoms with van der Waals surface area (Å²) in [5.74, 6) is -0.632. The number of hydrogen-bond donors (Lipinski definition) is 5. The number of carboxylic acid groups (broad SMARTS) is 1. The van der Waals surface area contributed by atoms with Crippen molar-refractivity contribution in [1.29, 1.82) is 0 Å². The zero-order valence-corrected chi connectivity index (χ0v) is 22.8. The molecule has 2 atom stereocenters. The van der Waals surface area contributed by atoms with Crippen LogP contribution in [-0.2, 0) is 52.9 Å². The zero-order valence-electron chi connectivity index (χ0n) is 22.8. The van der Waals surface area contributed by atoms with E-state index in [0.29, 0.717) is 31.4 Å². The normalized spacial score (nSPS) is 16.5. The summed E-state index contributed by atoms with van der Waals surface area (Å²) >= 11 is 0. The largest absolute Gasteiger partial charge is 0.508 e. The van der Waals surface area contributed by atoms with Gasteiger partial charge in [0.2, 0.25) is 0 Å². The molecule has 8 nitrogen and oxygen atoms in total. The lowest BCUT2D eigenvalue weighted by Gasteiger charge is -2.08. The van der Waals surface area contributed by atoms with Gasteiger partial charge >= 0.3 is 11.9 Å². The minimum Gasteiger partial charge on any atom is -0.508 e. The van der Waals surface area contributed by atoms with E-state index in [4.69, 9.17) is 21.3 Å². The molecule has 0 heterocycles. The Morgan fingerprint density at radius 1 is 0.919 bits per heavy atom. The van der Waals surface area contributed by atoms with Gasteiger partial charge in [-0.1, -0.05) is 45.9 Å². The van der Waals surface area contributed by atoms with Crippen LogP contribution in [0, 0.1) is 0 Å². The summed E-state index contributed by atoms with van der Waals surface area (Å²) < 4.78 is 4.88. The molecular weight excluding hydrogens is 472 g/mol. The number of benzene rings is 2. The molecule has 2 unspecified atom stereocenters. The first-order valence-electron chi connectivity index (χ1n) is 13.2. The Balaban J connectivity index is 0.000000327. The van der Waals surface area contributed by atoms with Crippen molar-refractivity contribution < 1.29 is 29.6 Å². The summed E-state index contributed by atoms with van der Waals surface area (Å²) in [7, 11) is 0. The highest BCUT2D eigenvalue weighted by Gasteiger charge is 2.23. The predicted octanol–water partition coefficient (Wildman–Crippen LogP) is 3.81. The minimum absolute atomic E-state index is 0.0401. The summed E-state index contributed by atoms with van der Waals surface area (Å²) in [4.78, 5) is 21.8. The highest BCUT2D eigenvalue weighted by molar-refractivity contribution is 5.73. The molecule has 7 N–H and O–H groups in total. The molecule has 2 aromatic carbocycles.